The molecule has 4 rings (SSSR count). The van der Waals surface area contributed by atoms with Crippen molar-refractivity contribution in [1.82, 2.24) is 9.97 Å². The number of furan rings is 1. The second-order valence-corrected chi connectivity index (χ2v) is 4.85. The molecule has 20 heavy (non-hydrogen) atoms. The Morgan fingerprint density at radius 1 is 0.950 bits per heavy atom. The van der Waals surface area contributed by atoms with Crippen molar-refractivity contribution in [3.8, 4) is 11.3 Å². The first kappa shape index (κ1) is 11.2. The van der Waals surface area contributed by atoms with Crippen LogP contribution < -0.4 is 0 Å². The van der Waals surface area contributed by atoms with Crippen molar-refractivity contribution >= 4 is 21.9 Å². The Hall–Kier alpha value is -2.68. The van der Waals surface area contributed by atoms with E-state index in [1.807, 2.05) is 30.5 Å². The predicted molar refractivity (Wildman–Crippen MR) is 79.5 cm³/mol. The van der Waals surface area contributed by atoms with E-state index in [1.165, 1.54) is 5.56 Å². The van der Waals surface area contributed by atoms with E-state index in [0.717, 1.165) is 33.2 Å². The van der Waals surface area contributed by atoms with Gasteiger partial charge in [-0.2, -0.15) is 0 Å². The van der Waals surface area contributed by atoms with E-state index in [9.17, 15) is 0 Å². The number of benzene rings is 1. The molecule has 0 N–H and O–H groups in total. The molecule has 0 fully saturated rings. The maximum absolute atomic E-state index is 5.80. The topological polar surface area (TPSA) is 38.9 Å². The van der Waals surface area contributed by atoms with Gasteiger partial charge in [0.2, 0.25) is 0 Å². The average Bonchev–Trinajstić information content (AvgIpc) is 2.85. The molecule has 0 atom stereocenters. The lowest BCUT2D eigenvalue weighted by atomic mass is 10.1. The van der Waals surface area contributed by atoms with E-state index in [4.69, 9.17) is 4.42 Å². The Kier molecular flexibility index (Phi) is 2.33. The summed E-state index contributed by atoms with van der Waals surface area (Å²) in [6, 6.07) is 12.1. The fourth-order valence-electron chi connectivity index (χ4n) is 2.51. The number of aromatic nitrogens is 2. The molecule has 0 amide bonds. The first-order valence-electron chi connectivity index (χ1n) is 6.51. The molecule has 4 aromatic rings. The molecule has 0 unspecified atom stereocenters. The molecule has 0 spiro atoms. The summed E-state index contributed by atoms with van der Waals surface area (Å²) in [5, 5.41) is 2.21. The van der Waals surface area contributed by atoms with Gasteiger partial charge in [0.1, 0.15) is 5.58 Å². The van der Waals surface area contributed by atoms with E-state index in [0.29, 0.717) is 0 Å². The van der Waals surface area contributed by atoms with Crippen molar-refractivity contribution in [2.75, 3.05) is 0 Å². The summed E-state index contributed by atoms with van der Waals surface area (Å²) in [5.41, 5.74) is 4.86. The molecular formula is C17H12N2O. The molecule has 0 radical (unpaired) electrons. The smallest absolute Gasteiger partial charge is 0.153 e. The molecule has 3 heterocycles. The average molecular weight is 260 g/mol. The zero-order valence-electron chi connectivity index (χ0n) is 11.0. The van der Waals surface area contributed by atoms with Crippen LogP contribution in [0.25, 0.3) is 33.2 Å². The Morgan fingerprint density at radius 3 is 2.75 bits per heavy atom. The molecular weight excluding hydrogens is 248 g/mol. The number of para-hydroxylation sites is 1. The normalized spacial score (nSPS) is 11.2. The van der Waals surface area contributed by atoms with E-state index in [1.54, 1.807) is 12.4 Å². The van der Waals surface area contributed by atoms with Gasteiger partial charge >= 0.3 is 0 Å². The molecule has 0 aliphatic heterocycles. The van der Waals surface area contributed by atoms with E-state index in [-0.39, 0.29) is 0 Å². The van der Waals surface area contributed by atoms with Crippen LogP contribution in [0.4, 0.5) is 0 Å². The third kappa shape index (κ3) is 1.60. The van der Waals surface area contributed by atoms with Crippen molar-refractivity contribution in [3.05, 3.63) is 60.6 Å². The third-order valence-electron chi connectivity index (χ3n) is 3.58. The minimum atomic E-state index is 0.816. The van der Waals surface area contributed by atoms with Crippen LogP contribution in [0.1, 0.15) is 5.56 Å². The SMILES string of the molecule is Cc1ccncc1-c1cc2c(cn1)oc1ccccc12. The summed E-state index contributed by atoms with van der Waals surface area (Å²) < 4.78 is 5.80. The van der Waals surface area contributed by atoms with Gasteiger partial charge in [0.05, 0.1) is 11.9 Å². The third-order valence-corrected chi connectivity index (χ3v) is 3.58. The molecule has 0 saturated carbocycles. The Labute approximate surface area is 115 Å². The van der Waals surface area contributed by atoms with Gasteiger partial charge in [-0.1, -0.05) is 18.2 Å². The fraction of sp³-hybridized carbons (Fsp3) is 0.0588. The quantitative estimate of drug-likeness (QED) is 0.510. The van der Waals surface area contributed by atoms with Gasteiger partial charge < -0.3 is 4.42 Å². The van der Waals surface area contributed by atoms with Crippen molar-refractivity contribution < 1.29 is 4.42 Å². The lowest BCUT2D eigenvalue weighted by Crippen LogP contribution is -1.87. The van der Waals surface area contributed by atoms with Gasteiger partial charge in [-0.15, -0.1) is 0 Å². The Morgan fingerprint density at radius 2 is 1.85 bits per heavy atom. The predicted octanol–water partition coefficient (Wildman–Crippen LogP) is 4.35. The molecule has 3 heteroatoms. The molecule has 0 saturated heterocycles. The van der Waals surface area contributed by atoms with E-state index in [2.05, 4.69) is 29.0 Å². The minimum Gasteiger partial charge on any atom is -0.454 e. The summed E-state index contributed by atoms with van der Waals surface area (Å²) in [4.78, 5) is 8.69. The van der Waals surface area contributed by atoms with Crippen LogP contribution in [0.5, 0.6) is 0 Å². The van der Waals surface area contributed by atoms with Crippen LogP contribution in [0.2, 0.25) is 0 Å². The largest absolute Gasteiger partial charge is 0.454 e. The summed E-state index contributed by atoms with van der Waals surface area (Å²) >= 11 is 0. The van der Waals surface area contributed by atoms with Gasteiger partial charge in [0.25, 0.3) is 0 Å². The lowest BCUT2D eigenvalue weighted by molar-refractivity contribution is 0.667. The number of fused-ring (bicyclic) bond motifs is 3. The first-order valence-corrected chi connectivity index (χ1v) is 6.51. The van der Waals surface area contributed by atoms with Crippen LogP contribution in [0.3, 0.4) is 0 Å². The summed E-state index contributed by atoms with van der Waals surface area (Å²) in [7, 11) is 0. The van der Waals surface area contributed by atoms with Crippen molar-refractivity contribution in [1.29, 1.82) is 0 Å². The molecule has 0 bridgehead atoms. The zero-order chi connectivity index (χ0) is 13.5. The highest BCUT2D eigenvalue weighted by Gasteiger charge is 2.10. The summed E-state index contributed by atoms with van der Waals surface area (Å²) in [6.07, 6.45) is 5.44. The second kappa shape index (κ2) is 4.17. The highest BCUT2D eigenvalue weighted by molar-refractivity contribution is 6.05. The van der Waals surface area contributed by atoms with Crippen molar-refractivity contribution in [2.45, 2.75) is 6.92 Å². The zero-order valence-corrected chi connectivity index (χ0v) is 11.0. The number of nitrogens with zero attached hydrogens (tertiary/aromatic N) is 2. The minimum absolute atomic E-state index is 0.816. The van der Waals surface area contributed by atoms with E-state index < -0.39 is 0 Å². The number of aryl methyl sites for hydroxylation is 1. The van der Waals surface area contributed by atoms with Crippen LogP contribution in [0, 0.1) is 6.92 Å². The van der Waals surface area contributed by atoms with Crippen LogP contribution >= 0.6 is 0 Å². The van der Waals surface area contributed by atoms with Crippen LogP contribution in [-0.2, 0) is 0 Å². The maximum Gasteiger partial charge on any atom is 0.153 e. The molecule has 3 aromatic heterocycles. The molecule has 0 aliphatic carbocycles. The molecule has 1 aromatic carbocycles. The number of rotatable bonds is 1. The van der Waals surface area contributed by atoms with Crippen molar-refractivity contribution in [2.24, 2.45) is 0 Å². The van der Waals surface area contributed by atoms with Crippen LogP contribution in [0.15, 0.2) is 59.4 Å². The summed E-state index contributed by atoms with van der Waals surface area (Å²) in [6.45, 7) is 2.07. The van der Waals surface area contributed by atoms with Gasteiger partial charge in [-0.25, -0.2) is 0 Å². The molecule has 0 aliphatic rings. The van der Waals surface area contributed by atoms with Gasteiger partial charge in [0, 0.05) is 28.7 Å². The number of hydrogen-bond acceptors (Lipinski definition) is 3. The van der Waals surface area contributed by atoms with Crippen molar-refractivity contribution in [3.63, 3.8) is 0 Å². The van der Waals surface area contributed by atoms with Gasteiger partial charge in [-0.05, 0) is 30.7 Å². The maximum atomic E-state index is 5.80. The van der Waals surface area contributed by atoms with Crippen LogP contribution in [-0.4, -0.2) is 9.97 Å². The highest BCUT2D eigenvalue weighted by Crippen LogP contribution is 2.31. The first-order chi connectivity index (χ1) is 9.83. The standard InChI is InChI=1S/C17H12N2O/c1-11-6-7-18-9-14(11)15-8-13-12-4-2-3-5-16(12)20-17(13)10-19-15/h2-10H,1H3. The van der Waals surface area contributed by atoms with Gasteiger partial charge in [-0.3, -0.25) is 9.97 Å². The summed E-state index contributed by atoms with van der Waals surface area (Å²) in [5.74, 6) is 0. The molecule has 3 nitrogen and oxygen atoms in total. The number of hydrogen-bond donors (Lipinski definition) is 0. The Balaban J connectivity index is 2.03. The van der Waals surface area contributed by atoms with Gasteiger partial charge in [0.15, 0.2) is 5.58 Å². The molecule has 96 valence electrons. The van der Waals surface area contributed by atoms with E-state index >= 15 is 0 Å². The fourth-order valence-corrected chi connectivity index (χ4v) is 2.51. The highest BCUT2D eigenvalue weighted by atomic mass is 16.3. The monoisotopic (exact) mass is 260 g/mol. The number of pyridine rings is 2. The second-order valence-electron chi connectivity index (χ2n) is 4.85. The Bertz CT molecular complexity index is 924. The lowest BCUT2D eigenvalue weighted by Gasteiger charge is -2.03.